The fraction of sp³-hybridized carbons (Fsp3) is 0.192. The molecule has 6 nitrogen and oxygen atoms in total. The normalized spacial score (nSPS) is 12.4. The molecule has 0 spiro atoms. The van der Waals surface area contributed by atoms with E-state index >= 15 is 0 Å². The zero-order valence-corrected chi connectivity index (χ0v) is 20.4. The molecule has 34 heavy (non-hydrogen) atoms. The van der Waals surface area contributed by atoms with Gasteiger partial charge in [0.2, 0.25) is 0 Å². The summed E-state index contributed by atoms with van der Waals surface area (Å²) in [6.45, 7) is 4.85. The third-order valence-electron chi connectivity index (χ3n) is 6.12. The second kappa shape index (κ2) is 9.58. The van der Waals surface area contributed by atoms with E-state index in [0.717, 1.165) is 28.8 Å². The summed E-state index contributed by atoms with van der Waals surface area (Å²) in [6.07, 6.45) is 0.837. The topological polar surface area (TPSA) is 71.4 Å². The minimum atomic E-state index is -0.329. The third kappa shape index (κ3) is 4.32. The van der Waals surface area contributed by atoms with Crippen molar-refractivity contribution in [3.8, 4) is 5.69 Å². The van der Waals surface area contributed by atoms with Crippen LogP contribution >= 0.6 is 23.2 Å². The van der Waals surface area contributed by atoms with E-state index in [2.05, 4.69) is 50.9 Å². The summed E-state index contributed by atoms with van der Waals surface area (Å²) in [4.78, 5) is 3.48. The van der Waals surface area contributed by atoms with Crippen molar-refractivity contribution >= 4 is 34.1 Å². The highest BCUT2D eigenvalue weighted by molar-refractivity contribution is 6.35. The molecule has 0 saturated carbocycles. The number of hydrogen-bond donors (Lipinski definition) is 2. The van der Waals surface area contributed by atoms with E-state index in [1.54, 1.807) is 10.7 Å². The minimum absolute atomic E-state index is 0.329. The van der Waals surface area contributed by atoms with Gasteiger partial charge in [0.1, 0.15) is 0 Å². The Morgan fingerprint density at radius 2 is 1.79 bits per heavy atom. The second-order valence-corrected chi connectivity index (χ2v) is 9.16. The molecule has 0 fully saturated rings. The van der Waals surface area contributed by atoms with Crippen LogP contribution in [-0.4, -0.2) is 31.7 Å². The van der Waals surface area contributed by atoms with Crippen LogP contribution in [0, 0.1) is 13.8 Å². The first-order chi connectivity index (χ1) is 16.5. The average molecular weight is 491 g/mol. The number of para-hydroxylation sites is 2. The van der Waals surface area contributed by atoms with Crippen LogP contribution < -0.4 is 5.32 Å². The zero-order valence-electron chi connectivity index (χ0n) is 18.9. The van der Waals surface area contributed by atoms with Crippen LogP contribution in [0.25, 0.3) is 16.6 Å². The fourth-order valence-corrected chi connectivity index (χ4v) is 4.94. The van der Waals surface area contributed by atoms with Gasteiger partial charge >= 0.3 is 0 Å². The van der Waals surface area contributed by atoms with Crippen molar-refractivity contribution in [2.45, 2.75) is 26.3 Å². The highest BCUT2D eigenvalue weighted by Gasteiger charge is 2.25. The van der Waals surface area contributed by atoms with Crippen LogP contribution in [0.5, 0.6) is 0 Å². The number of rotatable bonds is 7. The van der Waals surface area contributed by atoms with E-state index in [0.29, 0.717) is 22.4 Å². The first-order valence-electron chi connectivity index (χ1n) is 11.1. The molecule has 172 valence electrons. The van der Waals surface area contributed by atoms with E-state index in [1.165, 1.54) is 16.6 Å². The molecule has 0 amide bonds. The van der Waals surface area contributed by atoms with Gasteiger partial charge in [-0.15, -0.1) is 5.10 Å². The molecule has 0 unspecified atom stereocenters. The molecule has 2 aromatic heterocycles. The Morgan fingerprint density at radius 3 is 2.62 bits per heavy atom. The van der Waals surface area contributed by atoms with Crippen molar-refractivity contribution in [2.75, 3.05) is 6.54 Å². The highest BCUT2D eigenvalue weighted by atomic mass is 35.5. The molecule has 3 aromatic carbocycles. The molecule has 5 rings (SSSR count). The summed E-state index contributed by atoms with van der Waals surface area (Å²) in [5.74, 6) is 0.661. The molecule has 0 bridgehead atoms. The SMILES string of the molecule is Cc1ccccc1-n1nnnc1[C@@H](NCCc1c(C)[nH]c2ccccc12)c1ccc(Cl)cc1Cl. The molecule has 0 aliphatic heterocycles. The smallest absolute Gasteiger partial charge is 0.178 e. The number of benzene rings is 3. The lowest BCUT2D eigenvalue weighted by molar-refractivity contribution is 0.563. The standard InChI is InChI=1S/C26H24Cl2N6/c1-16-7-3-6-10-24(16)34-26(31-32-33-34)25(21-12-11-18(27)15-22(21)28)29-14-13-19-17(2)30-23-9-5-4-8-20(19)23/h3-12,15,25,29-30H,13-14H2,1-2H3/t25-/m0/s1. The largest absolute Gasteiger partial charge is 0.358 e. The van der Waals surface area contributed by atoms with Gasteiger partial charge in [0.15, 0.2) is 5.82 Å². The van der Waals surface area contributed by atoms with Crippen molar-refractivity contribution in [3.05, 3.63) is 105 Å². The number of hydrogen-bond acceptors (Lipinski definition) is 4. The van der Waals surface area contributed by atoms with Gasteiger partial charge < -0.3 is 10.3 Å². The summed E-state index contributed by atoms with van der Waals surface area (Å²) in [6, 6.07) is 21.6. The fourth-order valence-electron chi connectivity index (χ4n) is 4.42. The maximum Gasteiger partial charge on any atom is 0.178 e. The second-order valence-electron chi connectivity index (χ2n) is 8.31. The molecular weight excluding hydrogens is 467 g/mol. The summed E-state index contributed by atoms with van der Waals surface area (Å²) in [7, 11) is 0. The predicted molar refractivity (Wildman–Crippen MR) is 137 cm³/mol. The van der Waals surface area contributed by atoms with Gasteiger partial charge in [0.05, 0.1) is 11.7 Å². The first kappa shape index (κ1) is 22.6. The van der Waals surface area contributed by atoms with Gasteiger partial charge in [-0.1, -0.05) is 65.7 Å². The van der Waals surface area contributed by atoms with Gasteiger partial charge in [0.25, 0.3) is 0 Å². The zero-order chi connectivity index (χ0) is 23.7. The molecule has 5 aromatic rings. The Bertz CT molecular complexity index is 1460. The third-order valence-corrected chi connectivity index (χ3v) is 6.68. The molecule has 0 saturated heterocycles. The monoisotopic (exact) mass is 490 g/mol. The van der Waals surface area contributed by atoms with Gasteiger partial charge in [-0.25, -0.2) is 0 Å². The molecule has 0 radical (unpaired) electrons. The van der Waals surface area contributed by atoms with Crippen molar-refractivity contribution in [2.24, 2.45) is 0 Å². The van der Waals surface area contributed by atoms with E-state index in [9.17, 15) is 0 Å². The summed E-state index contributed by atoms with van der Waals surface area (Å²) < 4.78 is 1.77. The van der Waals surface area contributed by atoms with Gasteiger partial charge in [-0.05, 0) is 71.7 Å². The van der Waals surface area contributed by atoms with Crippen LogP contribution in [0.1, 0.15) is 34.3 Å². The first-order valence-corrected chi connectivity index (χ1v) is 11.9. The molecule has 0 aliphatic carbocycles. The number of aryl methyl sites for hydroxylation is 2. The summed E-state index contributed by atoms with van der Waals surface area (Å²) in [5.41, 5.74) is 6.48. The Balaban J connectivity index is 1.50. The lowest BCUT2D eigenvalue weighted by Gasteiger charge is -2.20. The Morgan fingerprint density at radius 1 is 1.00 bits per heavy atom. The van der Waals surface area contributed by atoms with Crippen LogP contribution in [-0.2, 0) is 6.42 Å². The molecule has 2 heterocycles. The average Bonchev–Trinajstić information content (AvgIpc) is 3.42. The molecular formula is C26H24Cl2N6. The number of tetrazole rings is 1. The number of halogens is 2. The molecule has 8 heteroatoms. The van der Waals surface area contributed by atoms with Crippen molar-refractivity contribution < 1.29 is 0 Å². The molecule has 2 N–H and O–H groups in total. The Kier molecular flexibility index (Phi) is 6.37. The van der Waals surface area contributed by atoms with E-state index < -0.39 is 0 Å². The van der Waals surface area contributed by atoms with Gasteiger partial charge in [0, 0.05) is 33.2 Å². The maximum absolute atomic E-state index is 6.65. The number of aromatic nitrogens is 5. The van der Waals surface area contributed by atoms with E-state index in [4.69, 9.17) is 23.2 Å². The number of H-pyrrole nitrogens is 1. The van der Waals surface area contributed by atoms with Crippen LogP contribution in [0.2, 0.25) is 10.0 Å². The van der Waals surface area contributed by atoms with Crippen molar-refractivity contribution in [3.63, 3.8) is 0 Å². The van der Waals surface area contributed by atoms with E-state index in [-0.39, 0.29) is 6.04 Å². The molecule has 0 aliphatic rings. The highest BCUT2D eigenvalue weighted by Crippen LogP contribution is 2.31. The predicted octanol–water partition coefficient (Wildman–Crippen LogP) is 5.99. The number of nitrogens with zero attached hydrogens (tertiary/aromatic N) is 4. The van der Waals surface area contributed by atoms with Crippen molar-refractivity contribution in [1.29, 1.82) is 0 Å². The van der Waals surface area contributed by atoms with E-state index in [1.807, 2.05) is 49.4 Å². The minimum Gasteiger partial charge on any atom is -0.358 e. The number of fused-ring (bicyclic) bond motifs is 1. The Labute approximate surface area is 207 Å². The summed E-state index contributed by atoms with van der Waals surface area (Å²) >= 11 is 12.8. The van der Waals surface area contributed by atoms with Gasteiger partial charge in [-0.3, -0.25) is 0 Å². The Hall–Kier alpha value is -3.19. The lowest BCUT2D eigenvalue weighted by Crippen LogP contribution is -2.28. The molecule has 1 atom stereocenters. The number of aromatic amines is 1. The number of nitrogens with one attached hydrogen (secondary N) is 2. The van der Waals surface area contributed by atoms with Crippen molar-refractivity contribution in [1.82, 2.24) is 30.5 Å². The summed E-state index contributed by atoms with van der Waals surface area (Å²) in [5, 5.41) is 18.7. The van der Waals surface area contributed by atoms with Crippen LogP contribution in [0.15, 0.2) is 66.7 Å². The quantitative estimate of drug-likeness (QED) is 0.294. The van der Waals surface area contributed by atoms with Gasteiger partial charge in [-0.2, -0.15) is 4.68 Å². The van der Waals surface area contributed by atoms with Crippen LogP contribution in [0.3, 0.4) is 0 Å². The lowest BCUT2D eigenvalue weighted by atomic mass is 10.0. The maximum atomic E-state index is 6.65. The van der Waals surface area contributed by atoms with Crippen LogP contribution in [0.4, 0.5) is 0 Å².